The summed E-state index contributed by atoms with van der Waals surface area (Å²) in [6.45, 7) is 0. The number of fused-ring (bicyclic) bond motifs is 5. The highest BCUT2D eigenvalue weighted by Gasteiger charge is 2.46. The molecule has 0 N–H and O–H groups in total. The average Bonchev–Trinajstić information content (AvgIpc) is 4.13. The highest BCUT2D eigenvalue weighted by Crippen LogP contribution is 2.56. The molecule has 0 atom stereocenters. The first kappa shape index (κ1) is 38.6. The van der Waals surface area contributed by atoms with E-state index in [1.165, 1.54) is 38.9 Å². The highest BCUT2D eigenvalue weighted by atomic mass is 16.4. The molecule has 0 unspecified atom stereocenters. The molecule has 12 aromatic rings. The van der Waals surface area contributed by atoms with Crippen molar-refractivity contribution >= 4 is 22.2 Å². The van der Waals surface area contributed by atoms with Gasteiger partial charge in [-0.2, -0.15) is 0 Å². The van der Waals surface area contributed by atoms with Gasteiger partial charge >= 0.3 is 0 Å². The summed E-state index contributed by atoms with van der Waals surface area (Å²) in [5.74, 6) is 1.22. The number of aromatic nitrogens is 2. The van der Waals surface area contributed by atoms with Crippen molar-refractivity contribution in [3.05, 3.63) is 265 Å². The van der Waals surface area contributed by atoms with Crippen LogP contribution in [0.2, 0.25) is 0 Å². The summed E-state index contributed by atoms with van der Waals surface area (Å²) in [6.07, 6.45) is 0. The molecule has 4 nitrogen and oxygen atoms in total. The Bertz CT molecular complexity index is 3550. The van der Waals surface area contributed by atoms with Gasteiger partial charge in [0.2, 0.25) is 11.8 Å². The second-order valence-electron chi connectivity index (χ2n) is 17.3. The SMILES string of the molecule is c1ccc(C2(c3ccccc3)c3ccccc3-c3ccc(-c4cccc(-c5cc(-c6ccc(-c7nc8ccccc8o7)cc6)cc(-c6ccc(-c7nc8ccccc8o7)cc6)c5)c4)cc32)cc1. The normalized spacial score (nSPS) is 12.6. The molecule has 67 heavy (non-hydrogen) atoms. The van der Waals surface area contributed by atoms with Gasteiger partial charge in [-0.1, -0.05) is 164 Å². The van der Waals surface area contributed by atoms with Crippen LogP contribution in [0.1, 0.15) is 22.3 Å². The van der Waals surface area contributed by atoms with Crippen molar-refractivity contribution in [2.75, 3.05) is 0 Å². The van der Waals surface area contributed by atoms with E-state index >= 15 is 0 Å². The minimum absolute atomic E-state index is 0.475. The van der Waals surface area contributed by atoms with Crippen molar-refractivity contribution in [3.63, 3.8) is 0 Å². The molecule has 0 saturated carbocycles. The molecule has 1 aliphatic rings. The van der Waals surface area contributed by atoms with E-state index in [4.69, 9.17) is 18.8 Å². The Morgan fingerprint density at radius 3 is 1.22 bits per heavy atom. The van der Waals surface area contributed by atoms with Gasteiger partial charge in [-0.05, 0) is 157 Å². The number of hydrogen-bond acceptors (Lipinski definition) is 4. The maximum absolute atomic E-state index is 6.13. The van der Waals surface area contributed by atoms with Crippen molar-refractivity contribution in [2.45, 2.75) is 5.41 Å². The number of benzene rings is 10. The number of nitrogens with zero attached hydrogens (tertiary/aromatic N) is 2. The first-order valence-electron chi connectivity index (χ1n) is 22.7. The molecule has 4 heteroatoms. The molecular formula is C63H40N2O2. The Balaban J connectivity index is 0.924. The molecule has 0 spiro atoms. The smallest absolute Gasteiger partial charge is 0.227 e. The summed E-state index contributed by atoms with van der Waals surface area (Å²) in [7, 11) is 0. The lowest BCUT2D eigenvalue weighted by Crippen LogP contribution is -2.28. The van der Waals surface area contributed by atoms with Crippen LogP contribution >= 0.6 is 0 Å². The van der Waals surface area contributed by atoms with E-state index < -0.39 is 5.41 Å². The number of hydrogen-bond donors (Lipinski definition) is 0. The Hall–Kier alpha value is -8.86. The molecule has 0 saturated heterocycles. The molecule has 0 amide bonds. The van der Waals surface area contributed by atoms with Crippen LogP contribution < -0.4 is 0 Å². The van der Waals surface area contributed by atoms with E-state index in [0.717, 1.165) is 72.3 Å². The third kappa shape index (κ3) is 6.53. The molecule has 0 radical (unpaired) electrons. The summed E-state index contributed by atoms with van der Waals surface area (Å²) >= 11 is 0. The van der Waals surface area contributed by atoms with E-state index in [1.807, 2.05) is 48.5 Å². The standard InChI is InChI=1S/C63H40N2O2/c1-3-16-51(17-4-1)63(52-18-5-2-6-19-52)55-21-8-7-20-53(55)54-35-34-47(40-56(54)63)45-14-13-15-46(36-45)50-38-48(41-26-30-43(31-27-41)61-64-57-22-9-11-24-59(57)66-61)37-49(39-50)42-28-32-44(33-29-42)62-65-58-23-10-12-25-60(58)67-62/h1-40H. The van der Waals surface area contributed by atoms with Gasteiger partial charge in [0.25, 0.3) is 0 Å². The summed E-state index contributed by atoms with van der Waals surface area (Å²) in [6, 6.07) is 86.6. The van der Waals surface area contributed by atoms with Crippen molar-refractivity contribution in [1.82, 2.24) is 9.97 Å². The third-order valence-electron chi connectivity index (χ3n) is 13.4. The summed E-state index contributed by atoms with van der Waals surface area (Å²) < 4.78 is 12.3. The molecule has 314 valence electrons. The van der Waals surface area contributed by atoms with E-state index in [9.17, 15) is 0 Å². The number of para-hydroxylation sites is 4. The van der Waals surface area contributed by atoms with Crippen LogP contribution in [0.4, 0.5) is 0 Å². The van der Waals surface area contributed by atoms with Crippen molar-refractivity contribution < 1.29 is 8.83 Å². The quantitative estimate of drug-likeness (QED) is 0.153. The van der Waals surface area contributed by atoms with Crippen LogP contribution in [0, 0.1) is 0 Å². The van der Waals surface area contributed by atoms with E-state index in [1.54, 1.807) is 0 Å². The molecular weight excluding hydrogens is 817 g/mol. The molecule has 0 bridgehead atoms. The topological polar surface area (TPSA) is 52.1 Å². The van der Waals surface area contributed by atoms with Crippen molar-refractivity contribution in [2.24, 2.45) is 0 Å². The lowest BCUT2D eigenvalue weighted by molar-refractivity contribution is 0.619. The van der Waals surface area contributed by atoms with Crippen LogP contribution in [-0.2, 0) is 5.41 Å². The Kier molecular flexibility index (Phi) is 9.04. The predicted octanol–water partition coefficient (Wildman–Crippen LogP) is 16.3. The predicted molar refractivity (Wildman–Crippen MR) is 271 cm³/mol. The maximum atomic E-state index is 6.13. The van der Waals surface area contributed by atoms with Gasteiger partial charge in [0.05, 0.1) is 5.41 Å². The monoisotopic (exact) mass is 856 g/mol. The van der Waals surface area contributed by atoms with Gasteiger partial charge in [-0.3, -0.25) is 0 Å². The zero-order valence-electron chi connectivity index (χ0n) is 36.3. The van der Waals surface area contributed by atoms with Crippen LogP contribution in [0.15, 0.2) is 251 Å². The Labute approximate surface area is 388 Å². The molecule has 13 rings (SSSR count). The molecule has 10 aromatic carbocycles. The second-order valence-corrected chi connectivity index (χ2v) is 17.3. The Morgan fingerprint density at radius 2 is 0.672 bits per heavy atom. The summed E-state index contributed by atoms with van der Waals surface area (Å²) in [5.41, 5.74) is 21.3. The van der Waals surface area contributed by atoms with E-state index in [-0.39, 0.29) is 0 Å². The van der Waals surface area contributed by atoms with Crippen LogP contribution in [0.3, 0.4) is 0 Å². The lowest BCUT2D eigenvalue weighted by Gasteiger charge is -2.34. The van der Waals surface area contributed by atoms with Gasteiger partial charge in [-0.25, -0.2) is 9.97 Å². The van der Waals surface area contributed by atoms with Crippen LogP contribution in [0.5, 0.6) is 0 Å². The van der Waals surface area contributed by atoms with Gasteiger partial charge < -0.3 is 8.83 Å². The number of rotatable bonds is 8. The fraction of sp³-hybridized carbons (Fsp3) is 0.0159. The second kappa shape index (κ2) is 15.7. The van der Waals surface area contributed by atoms with E-state index in [2.05, 4.69) is 194 Å². The molecule has 2 aromatic heterocycles. The van der Waals surface area contributed by atoms with Gasteiger partial charge in [0, 0.05) is 11.1 Å². The first-order chi connectivity index (χ1) is 33.2. The summed E-state index contributed by atoms with van der Waals surface area (Å²) in [4.78, 5) is 9.52. The van der Waals surface area contributed by atoms with Crippen LogP contribution in [-0.4, -0.2) is 9.97 Å². The van der Waals surface area contributed by atoms with Gasteiger partial charge in [0.15, 0.2) is 11.2 Å². The lowest BCUT2D eigenvalue weighted by atomic mass is 9.67. The molecule has 0 fully saturated rings. The average molecular weight is 857 g/mol. The molecule has 1 aliphatic carbocycles. The number of oxazole rings is 2. The highest BCUT2D eigenvalue weighted by molar-refractivity contribution is 5.90. The van der Waals surface area contributed by atoms with Crippen molar-refractivity contribution in [3.8, 4) is 78.5 Å². The zero-order chi connectivity index (χ0) is 44.3. The fourth-order valence-electron chi connectivity index (χ4n) is 10.2. The summed E-state index contributed by atoms with van der Waals surface area (Å²) in [5, 5.41) is 0. The Morgan fingerprint density at radius 1 is 0.269 bits per heavy atom. The van der Waals surface area contributed by atoms with Gasteiger partial charge in [0.1, 0.15) is 11.0 Å². The van der Waals surface area contributed by atoms with Crippen molar-refractivity contribution in [1.29, 1.82) is 0 Å². The molecule has 0 aliphatic heterocycles. The molecule has 2 heterocycles. The van der Waals surface area contributed by atoms with Gasteiger partial charge in [-0.15, -0.1) is 0 Å². The van der Waals surface area contributed by atoms with Crippen LogP contribution in [0.25, 0.3) is 101 Å². The van der Waals surface area contributed by atoms with E-state index in [0.29, 0.717) is 11.8 Å². The first-order valence-corrected chi connectivity index (χ1v) is 22.7. The minimum atomic E-state index is -0.475. The largest absolute Gasteiger partial charge is 0.436 e. The fourth-order valence-corrected chi connectivity index (χ4v) is 10.2. The minimum Gasteiger partial charge on any atom is -0.436 e. The third-order valence-corrected chi connectivity index (χ3v) is 13.4. The maximum Gasteiger partial charge on any atom is 0.227 e. The zero-order valence-corrected chi connectivity index (χ0v) is 36.3.